The molecule has 0 aromatic heterocycles. The highest BCUT2D eigenvalue weighted by Crippen LogP contribution is 2.34. The third-order valence-corrected chi connectivity index (χ3v) is 2.88. The zero-order valence-corrected chi connectivity index (χ0v) is 9.10. The van der Waals surface area contributed by atoms with Gasteiger partial charge in [0.05, 0.1) is 0 Å². The van der Waals surface area contributed by atoms with Gasteiger partial charge in [-0.3, -0.25) is 4.79 Å². The second-order valence-electron chi connectivity index (χ2n) is 3.86. The second-order valence-corrected chi connectivity index (χ2v) is 3.86. The molecule has 2 aliphatic rings. The Balaban J connectivity index is 2.43. The van der Waals surface area contributed by atoms with Crippen LogP contribution >= 0.6 is 0 Å². The summed E-state index contributed by atoms with van der Waals surface area (Å²) >= 11 is 0. The summed E-state index contributed by atoms with van der Waals surface area (Å²) < 4.78 is 0. The Morgan fingerprint density at radius 3 is 2.62 bits per heavy atom. The Morgan fingerprint density at radius 1 is 1.31 bits per heavy atom. The Morgan fingerprint density at radius 2 is 2.00 bits per heavy atom. The van der Waals surface area contributed by atoms with Gasteiger partial charge in [-0.2, -0.15) is 4.99 Å². The molecule has 0 radical (unpaired) electrons. The smallest absolute Gasteiger partial charge is 0.274 e. The molecular formula is C13H14N2O. The molecule has 0 saturated carbocycles. The molecule has 0 atom stereocenters. The first-order valence-corrected chi connectivity index (χ1v) is 5.24. The van der Waals surface area contributed by atoms with Gasteiger partial charge in [-0.15, -0.1) is 13.2 Å². The number of amides is 1. The molecule has 0 aliphatic carbocycles. The quantitative estimate of drug-likeness (QED) is 0.672. The molecule has 3 heteroatoms. The van der Waals surface area contributed by atoms with Crippen LogP contribution in [0.15, 0.2) is 54.7 Å². The summed E-state index contributed by atoms with van der Waals surface area (Å²) in [5, 5.41) is 0. The van der Waals surface area contributed by atoms with Crippen molar-refractivity contribution in [3.8, 4) is 0 Å². The third-order valence-electron chi connectivity index (χ3n) is 2.88. The number of carbonyl (C=O) groups is 1. The fourth-order valence-electron chi connectivity index (χ4n) is 2.13. The fourth-order valence-corrected chi connectivity index (χ4v) is 2.13. The monoisotopic (exact) mass is 214 g/mol. The molecule has 16 heavy (non-hydrogen) atoms. The van der Waals surface area contributed by atoms with Crippen LogP contribution in [0.3, 0.4) is 0 Å². The lowest BCUT2D eigenvalue weighted by atomic mass is 9.89. The van der Waals surface area contributed by atoms with Crippen LogP contribution in [0.2, 0.25) is 0 Å². The first-order valence-electron chi connectivity index (χ1n) is 5.24. The highest BCUT2D eigenvalue weighted by atomic mass is 16.2. The Kier molecular flexibility index (Phi) is 2.60. The summed E-state index contributed by atoms with van der Waals surface area (Å²) in [5.41, 5.74) is -0.639. The van der Waals surface area contributed by atoms with Crippen molar-refractivity contribution in [1.29, 1.82) is 0 Å². The lowest BCUT2D eigenvalue weighted by Gasteiger charge is -2.35. The number of hydrogen-bond acceptors (Lipinski definition) is 2. The molecule has 0 aromatic rings. The number of amidine groups is 1. The predicted octanol–water partition coefficient (Wildman–Crippen LogP) is 2.20. The van der Waals surface area contributed by atoms with Gasteiger partial charge in [0.25, 0.3) is 5.91 Å². The normalized spacial score (nSPS) is 20.6. The topological polar surface area (TPSA) is 32.7 Å². The van der Waals surface area contributed by atoms with Crippen molar-refractivity contribution < 1.29 is 4.79 Å². The van der Waals surface area contributed by atoms with Crippen LogP contribution in [0.5, 0.6) is 0 Å². The predicted molar refractivity (Wildman–Crippen MR) is 64.9 cm³/mol. The highest BCUT2D eigenvalue weighted by molar-refractivity contribution is 6.12. The van der Waals surface area contributed by atoms with Crippen LogP contribution in [0.1, 0.15) is 12.8 Å². The Hall–Kier alpha value is -1.90. The van der Waals surface area contributed by atoms with Crippen molar-refractivity contribution in [3.63, 3.8) is 0 Å². The number of carbonyl (C=O) groups excluding carboxylic acids is 1. The first-order chi connectivity index (χ1) is 7.74. The van der Waals surface area contributed by atoms with Crippen LogP contribution in [0.25, 0.3) is 0 Å². The zero-order valence-electron chi connectivity index (χ0n) is 9.10. The molecule has 0 spiro atoms. The molecule has 2 rings (SSSR count). The average molecular weight is 214 g/mol. The molecule has 0 fully saturated rings. The molecular weight excluding hydrogens is 200 g/mol. The van der Waals surface area contributed by atoms with Crippen molar-refractivity contribution >= 4 is 11.7 Å². The van der Waals surface area contributed by atoms with E-state index in [-0.39, 0.29) is 5.91 Å². The maximum atomic E-state index is 12.0. The van der Waals surface area contributed by atoms with Gasteiger partial charge in [0.2, 0.25) is 0 Å². The molecule has 2 aliphatic heterocycles. The van der Waals surface area contributed by atoms with E-state index in [1.165, 1.54) is 0 Å². The molecule has 0 bridgehead atoms. The van der Waals surface area contributed by atoms with Gasteiger partial charge in [-0.1, -0.05) is 18.2 Å². The van der Waals surface area contributed by atoms with E-state index in [0.717, 1.165) is 0 Å². The van der Waals surface area contributed by atoms with Crippen molar-refractivity contribution in [1.82, 2.24) is 4.90 Å². The molecule has 0 saturated heterocycles. The first kappa shape index (κ1) is 10.6. The molecule has 1 amide bonds. The maximum Gasteiger partial charge on any atom is 0.274 e. The summed E-state index contributed by atoms with van der Waals surface area (Å²) in [5.74, 6) is 0.592. The molecule has 0 N–H and O–H groups in total. The summed E-state index contributed by atoms with van der Waals surface area (Å²) in [6.07, 6.45) is 12.2. The number of aliphatic imine (C=N–C) groups is 1. The summed E-state index contributed by atoms with van der Waals surface area (Å²) in [7, 11) is 0. The van der Waals surface area contributed by atoms with Crippen molar-refractivity contribution in [2.45, 2.75) is 18.4 Å². The third kappa shape index (κ3) is 1.36. The van der Waals surface area contributed by atoms with Gasteiger partial charge in [0.1, 0.15) is 11.4 Å². The Labute approximate surface area is 95.2 Å². The van der Waals surface area contributed by atoms with E-state index in [1.54, 1.807) is 12.2 Å². The van der Waals surface area contributed by atoms with Crippen LogP contribution in [-0.2, 0) is 4.79 Å². The standard InChI is InChI=1S/C13H14N2O/c1-3-8-13(9-4-2)12(16)14-11-7-5-6-10-15(11)13/h3-7,10H,1-2,8-9H2. The number of rotatable bonds is 4. The minimum atomic E-state index is -0.639. The average Bonchev–Trinajstić information content (AvgIpc) is 2.54. The van der Waals surface area contributed by atoms with Crippen LogP contribution in [0, 0.1) is 0 Å². The molecule has 82 valence electrons. The van der Waals surface area contributed by atoms with Crippen molar-refractivity contribution in [2.75, 3.05) is 0 Å². The summed E-state index contributed by atoms with van der Waals surface area (Å²) in [4.78, 5) is 18.0. The highest BCUT2D eigenvalue weighted by Gasteiger charge is 2.47. The molecule has 2 heterocycles. The summed E-state index contributed by atoms with van der Waals surface area (Å²) in [6, 6.07) is 0. The van der Waals surface area contributed by atoms with Crippen molar-refractivity contribution in [2.24, 2.45) is 4.99 Å². The second kappa shape index (κ2) is 3.93. The zero-order chi connectivity index (χ0) is 11.6. The van der Waals surface area contributed by atoms with E-state index >= 15 is 0 Å². The maximum absolute atomic E-state index is 12.0. The number of fused-ring (bicyclic) bond motifs is 1. The lowest BCUT2D eigenvalue weighted by Crippen LogP contribution is -2.48. The molecule has 0 aromatic carbocycles. The van der Waals surface area contributed by atoms with Gasteiger partial charge < -0.3 is 4.90 Å². The minimum Gasteiger partial charge on any atom is -0.317 e. The molecule has 0 unspecified atom stereocenters. The summed E-state index contributed by atoms with van der Waals surface area (Å²) in [6.45, 7) is 7.43. The van der Waals surface area contributed by atoms with Gasteiger partial charge in [0, 0.05) is 6.20 Å². The fraction of sp³-hybridized carbons (Fsp3) is 0.231. The SMILES string of the molecule is C=CCC1(CC=C)C(=O)N=C2C=CC=CN21. The van der Waals surface area contributed by atoms with E-state index in [4.69, 9.17) is 0 Å². The number of allylic oxidation sites excluding steroid dienone is 2. The molecule has 3 nitrogen and oxygen atoms in total. The number of nitrogens with zero attached hydrogens (tertiary/aromatic N) is 2. The number of hydrogen-bond donors (Lipinski definition) is 0. The lowest BCUT2D eigenvalue weighted by molar-refractivity contribution is -0.124. The largest absolute Gasteiger partial charge is 0.317 e. The minimum absolute atomic E-state index is 0.112. The van der Waals surface area contributed by atoms with E-state index < -0.39 is 5.54 Å². The van der Waals surface area contributed by atoms with Gasteiger partial charge in [0.15, 0.2) is 0 Å². The van der Waals surface area contributed by atoms with Crippen LogP contribution in [0.4, 0.5) is 0 Å². The van der Waals surface area contributed by atoms with Gasteiger partial charge >= 0.3 is 0 Å². The van der Waals surface area contributed by atoms with Crippen molar-refractivity contribution in [3.05, 3.63) is 49.7 Å². The van der Waals surface area contributed by atoms with E-state index in [0.29, 0.717) is 18.7 Å². The van der Waals surface area contributed by atoms with Gasteiger partial charge in [-0.05, 0) is 25.0 Å². The van der Waals surface area contributed by atoms with E-state index in [2.05, 4.69) is 18.2 Å². The van der Waals surface area contributed by atoms with Crippen LogP contribution in [-0.4, -0.2) is 22.2 Å². The van der Waals surface area contributed by atoms with Gasteiger partial charge in [-0.25, -0.2) is 0 Å². The van der Waals surface area contributed by atoms with E-state index in [9.17, 15) is 4.79 Å². The van der Waals surface area contributed by atoms with E-state index in [1.807, 2.05) is 29.3 Å². The van der Waals surface area contributed by atoms with Crippen LogP contribution < -0.4 is 0 Å². The Bertz CT molecular complexity index is 419.